The highest BCUT2D eigenvalue weighted by Gasteiger charge is 2.21. The molecule has 0 N–H and O–H groups in total. The van der Waals surface area contributed by atoms with Crippen molar-refractivity contribution in [2.45, 2.75) is 46.0 Å². The van der Waals surface area contributed by atoms with Gasteiger partial charge in [0, 0.05) is 5.88 Å². The maximum Gasteiger partial charge on any atom is 0.0254 e. The van der Waals surface area contributed by atoms with Crippen molar-refractivity contribution in [2.24, 2.45) is 17.8 Å². The van der Waals surface area contributed by atoms with E-state index in [1.165, 1.54) is 32.1 Å². The van der Waals surface area contributed by atoms with Crippen LogP contribution in [0.25, 0.3) is 0 Å². The summed E-state index contributed by atoms with van der Waals surface area (Å²) >= 11 is 5.94. The molecule has 1 aliphatic rings. The average Bonchev–Trinajstić information content (AvgIpc) is 2.51. The Morgan fingerprint density at radius 2 is 1.83 bits per heavy atom. The van der Waals surface area contributed by atoms with E-state index in [-0.39, 0.29) is 0 Å². The fourth-order valence-electron chi connectivity index (χ4n) is 2.19. The molecule has 0 nitrogen and oxygen atoms in total. The SMILES string of the molecule is CC(C)C(CCl)CC1CCCC1. The molecule has 1 atom stereocenters. The van der Waals surface area contributed by atoms with E-state index in [9.17, 15) is 0 Å². The molecule has 0 radical (unpaired) electrons. The van der Waals surface area contributed by atoms with Gasteiger partial charge in [0.15, 0.2) is 0 Å². The zero-order valence-electron chi connectivity index (χ0n) is 8.35. The molecule has 0 aromatic carbocycles. The van der Waals surface area contributed by atoms with Crippen molar-refractivity contribution in [1.29, 1.82) is 0 Å². The van der Waals surface area contributed by atoms with Gasteiger partial charge in [0.2, 0.25) is 0 Å². The summed E-state index contributed by atoms with van der Waals surface area (Å²) in [4.78, 5) is 0. The van der Waals surface area contributed by atoms with Crippen LogP contribution in [0, 0.1) is 17.8 Å². The van der Waals surface area contributed by atoms with E-state index in [4.69, 9.17) is 11.6 Å². The predicted molar refractivity (Wildman–Crippen MR) is 55.6 cm³/mol. The molecule has 0 amide bonds. The van der Waals surface area contributed by atoms with Crippen LogP contribution < -0.4 is 0 Å². The molecular weight excluding hydrogens is 168 g/mol. The third-order valence-corrected chi connectivity index (χ3v) is 3.65. The predicted octanol–water partition coefficient (Wildman–Crippen LogP) is 4.08. The second-order valence-corrected chi connectivity index (χ2v) is 4.85. The Morgan fingerprint density at radius 1 is 1.25 bits per heavy atom. The first-order chi connectivity index (χ1) is 5.74. The van der Waals surface area contributed by atoms with Gasteiger partial charge in [-0.2, -0.15) is 0 Å². The summed E-state index contributed by atoms with van der Waals surface area (Å²) in [5.74, 6) is 3.38. The second-order valence-electron chi connectivity index (χ2n) is 4.54. The van der Waals surface area contributed by atoms with Gasteiger partial charge in [0.25, 0.3) is 0 Å². The highest BCUT2D eigenvalue weighted by atomic mass is 35.5. The normalized spacial score (nSPS) is 22.0. The van der Waals surface area contributed by atoms with Crippen molar-refractivity contribution in [1.82, 2.24) is 0 Å². The van der Waals surface area contributed by atoms with Crippen molar-refractivity contribution >= 4 is 11.6 Å². The van der Waals surface area contributed by atoms with E-state index in [1.54, 1.807) is 0 Å². The molecule has 0 aromatic heterocycles. The van der Waals surface area contributed by atoms with Crippen molar-refractivity contribution < 1.29 is 0 Å². The molecule has 0 aliphatic heterocycles. The fourth-order valence-corrected chi connectivity index (χ4v) is 2.67. The Morgan fingerprint density at radius 3 is 2.25 bits per heavy atom. The number of rotatable bonds is 4. The van der Waals surface area contributed by atoms with E-state index < -0.39 is 0 Å². The summed E-state index contributed by atoms with van der Waals surface area (Å²) in [5, 5.41) is 0. The first-order valence-corrected chi connectivity index (χ1v) is 5.83. The van der Waals surface area contributed by atoms with Gasteiger partial charge in [-0.25, -0.2) is 0 Å². The Kier molecular flexibility index (Phi) is 4.42. The Labute approximate surface area is 81.7 Å². The molecule has 1 fully saturated rings. The van der Waals surface area contributed by atoms with Crippen LogP contribution in [0.3, 0.4) is 0 Å². The van der Waals surface area contributed by atoms with Gasteiger partial charge in [-0.3, -0.25) is 0 Å². The largest absolute Gasteiger partial charge is 0.126 e. The molecule has 1 saturated carbocycles. The molecular formula is C11H21Cl. The van der Waals surface area contributed by atoms with Crippen LogP contribution in [0.2, 0.25) is 0 Å². The van der Waals surface area contributed by atoms with E-state index in [0.29, 0.717) is 0 Å². The summed E-state index contributed by atoms with van der Waals surface area (Å²) in [6, 6.07) is 0. The summed E-state index contributed by atoms with van der Waals surface area (Å²) in [7, 11) is 0. The Hall–Kier alpha value is 0.290. The third-order valence-electron chi connectivity index (χ3n) is 3.25. The third kappa shape index (κ3) is 2.97. The molecule has 0 bridgehead atoms. The lowest BCUT2D eigenvalue weighted by Gasteiger charge is -2.21. The molecule has 1 heteroatoms. The minimum Gasteiger partial charge on any atom is -0.126 e. The summed E-state index contributed by atoms with van der Waals surface area (Å²) < 4.78 is 0. The fraction of sp³-hybridized carbons (Fsp3) is 1.00. The van der Waals surface area contributed by atoms with Crippen LogP contribution in [0.5, 0.6) is 0 Å². The lowest BCUT2D eigenvalue weighted by molar-refractivity contribution is 0.325. The zero-order valence-corrected chi connectivity index (χ0v) is 9.11. The lowest BCUT2D eigenvalue weighted by atomic mass is 9.87. The van der Waals surface area contributed by atoms with Crippen LogP contribution >= 0.6 is 11.6 Å². The number of hydrogen-bond donors (Lipinski definition) is 0. The molecule has 12 heavy (non-hydrogen) atoms. The van der Waals surface area contributed by atoms with E-state index in [2.05, 4.69) is 13.8 Å². The topological polar surface area (TPSA) is 0 Å². The monoisotopic (exact) mass is 188 g/mol. The van der Waals surface area contributed by atoms with Crippen LogP contribution in [0.1, 0.15) is 46.0 Å². The maximum atomic E-state index is 5.94. The Bertz CT molecular complexity index is 114. The van der Waals surface area contributed by atoms with Crippen LogP contribution in [-0.4, -0.2) is 5.88 Å². The van der Waals surface area contributed by atoms with Crippen LogP contribution in [0.4, 0.5) is 0 Å². The van der Waals surface area contributed by atoms with Crippen molar-refractivity contribution in [3.8, 4) is 0 Å². The highest BCUT2D eigenvalue weighted by Crippen LogP contribution is 2.32. The lowest BCUT2D eigenvalue weighted by Crippen LogP contribution is -2.14. The van der Waals surface area contributed by atoms with Gasteiger partial charge in [0.1, 0.15) is 0 Å². The molecule has 0 spiro atoms. The minimum atomic E-state index is 0.759. The number of hydrogen-bond acceptors (Lipinski definition) is 0. The smallest absolute Gasteiger partial charge is 0.0254 e. The summed E-state index contributed by atoms with van der Waals surface area (Å²) in [6.45, 7) is 4.59. The highest BCUT2D eigenvalue weighted by molar-refractivity contribution is 6.18. The molecule has 1 rings (SSSR count). The van der Waals surface area contributed by atoms with Gasteiger partial charge in [-0.15, -0.1) is 11.6 Å². The van der Waals surface area contributed by atoms with Crippen molar-refractivity contribution in [3.05, 3.63) is 0 Å². The quantitative estimate of drug-likeness (QED) is 0.584. The Balaban J connectivity index is 2.26. The van der Waals surface area contributed by atoms with Crippen LogP contribution in [0.15, 0.2) is 0 Å². The summed E-state index contributed by atoms with van der Waals surface area (Å²) in [6.07, 6.45) is 7.21. The van der Waals surface area contributed by atoms with Gasteiger partial charge in [-0.05, 0) is 24.2 Å². The molecule has 1 aliphatic carbocycles. The molecule has 72 valence electrons. The molecule has 1 unspecified atom stereocenters. The summed E-state index contributed by atoms with van der Waals surface area (Å²) in [5.41, 5.74) is 0. The van der Waals surface area contributed by atoms with E-state index >= 15 is 0 Å². The molecule has 0 heterocycles. The first-order valence-electron chi connectivity index (χ1n) is 5.30. The molecule has 0 saturated heterocycles. The zero-order chi connectivity index (χ0) is 8.97. The van der Waals surface area contributed by atoms with Gasteiger partial charge >= 0.3 is 0 Å². The number of alkyl halides is 1. The standard InChI is InChI=1S/C11H21Cl/c1-9(2)11(8-12)7-10-5-3-4-6-10/h9-11H,3-8H2,1-2H3. The van der Waals surface area contributed by atoms with Gasteiger partial charge in [0.05, 0.1) is 0 Å². The average molecular weight is 189 g/mol. The van der Waals surface area contributed by atoms with E-state index in [0.717, 1.165) is 23.6 Å². The van der Waals surface area contributed by atoms with E-state index in [1.807, 2.05) is 0 Å². The van der Waals surface area contributed by atoms with Crippen molar-refractivity contribution in [3.63, 3.8) is 0 Å². The minimum absolute atomic E-state index is 0.759. The molecule has 0 aromatic rings. The van der Waals surface area contributed by atoms with Crippen molar-refractivity contribution in [2.75, 3.05) is 5.88 Å². The first kappa shape index (κ1) is 10.4. The van der Waals surface area contributed by atoms with Gasteiger partial charge < -0.3 is 0 Å². The second kappa shape index (κ2) is 5.11. The number of halogens is 1. The van der Waals surface area contributed by atoms with Crippen LogP contribution in [-0.2, 0) is 0 Å². The maximum absolute atomic E-state index is 5.94. The van der Waals surface area contributed by atoms with Gasteiger partial charge in [-0.1, -0.05) is 39.5 Å².